The van der Waals surface area contributed by atoms with Crippen LogP contribution < -0.4 is 15.4 Å². The zero-order valence-corrected chi connectivity index (χ0v) is 18.9. The van der Waals surface area contributed by atoms with Crippen LogP contribution in [0.2, 0.25) is 0 Å². The Morgan fingerprint density at radius 1 is 0.969 bits per heavy atom. The van der Waals surface area contributed by atoms with Crippen molar-refractivity contribution in [2.75, 3.05) is 24.4 Å². The van der Waals surface area contributed by atoms with Crippen LogP contribution in [0.15, 0.2) is 54.6 Å². The monoisotopic (exact) mass is 452 g/mol. The van der Waals surface area contributed by atoms with Crippen LogP contribution in [0.1, 0.15) is 38.1 Å². The van der Waals surface area contributed by atoms with Crippen LogP contribution in [0.4, 0.5) is 10.7 Å². The Bertz CT molecular complexity index is 1110. The number of methoxy groups -OCH3 is 1. The second-order valence-corrected chi connectivity index (χ2v) is 7.89. The summed E-state index contributed by atoms with van der Waals surface area (Å²) >= 11 is 1.04. The molecule has 1 heterocycles. The van der Waals surface area contributed by atoms with Crippen LogP contribution in [-0.4, -0.2) is 31.5 Å². The first kappa shape index (κ1) is 23.0. The lowest BCUT2D eigenvalue weighted by Gasteiger charge is -2.07. The molecule has 166 valence electrons. The second kappa shape index (κ2) is 10.6. The maximum absolute atomic E-state index is 12.9. The smallest absolute Gasteiger partial charge is 0.341 e. The number of hydrogen-bond acceptors (Lipinski definition) is 6. The fraction of sp³-hybridized carbons (Fsp3) is 0.208. The van der Waals surface area contributed by atoms with Crippen molar-refractivity contribution in [1.82, 2.24) is 0 Å². The number of benzene rings is 2. The molecular formula is C24H24N2O5S. The minimum absolute atomic E-state index is 0.145. The number of thiophene rings is 1. The van der Waals surface area contributed by atoms with Gasteiger partial charge in [-0.2, -0.15) is 0 Å². The van der Waals surface area contributed by atoms with Crippen molar-refractivity contribution in [2.24, 2.45) is 0 Å². The highest BCUT2D eigenvalue weighted by molar-refractivity contribution is 7.18. The first-order valence-electron chi connectivity index (χ1n) is 10.0. The summed E-state index contributed by atoms with van der Waals surface area (Å²) < 4.78 is 10.3. The van der Waals surface area contributed by atoms with Crippen molar-refractivity contribution in [3.63, 3.8) is 0 Å². The van der Waals surface area contributed by atoms with E-state index in [1.54, 1.807) is 31.2 Å². The van der Waals surface area contributed by atoms with Crippen molar-refractivity contribution >= 4 is 39.8 Å². The molecule has 1 aromatic heterocycles. The number of esters is 1. The van der Waals surface area contributed by atoms with E-state index in [1.165, 1.54) is 7.11 Å². The van der Waals surface area contributed by atoms with Crippen LogP contribution in [0.25, 0.3) is 0 Å². The number of hydrogen-bond donors (Lipinski definition) is 2. The van der Waals surface area contributed by atoms with Gasteiger partial charge in [-0.1, -0.05) is 30.3 Å². The van der Waals surface area contributed by atoms with Gasteiger partial charge >= 0.3 is 5.97 Å². The number of amides is 2. The molecule has 0 aliphatic carbocycles. The number of anilines is 2. The standard InChI is InChI=1S/C24H24N2O5S/c1-4-31-18-12-10-17(11-13-18)25-22(28)21-15(2)20(24(29)30-3)23(32-21)26-19(27)14-16-8-6-5-7-9-16/h5-13H,4,14H2,1-3H3,(H,25,28)(H,26,27). The Morgan fingerprint density at radius 3 is 2.28 bits per heavy atom. The van der Waals surface area contributed by atoms with Crippen molar-refractivity contribution in [1.29, 1.82) is 0 Å². The third-order valence-electron chi connectivity index (χ3n) is 4.63. The fourth-order valence-electron chi connectivity index (χ4n) is 3.11. The Balaban J connectivity index is 1.81. The largest absolute Gasteiger partial charge is 0.494 e. The molecule has 0 saturated carbocycles. The molecule has 0 bridgehead atoms. The summed E-state index contributed by atoms with van der Waals surface area (Å²) in [5.74, 6) is -0.588. The molecule has 7 nitrogen and oxygen atoms in total. The van der Waals surface area contributed by atoms with Crippen LogP contribution in [0.5, 0.6) is 5.75 Å². The predicted octanol–water partition coefficient (Wildman–Crippen LogP) is 4.68. The number of ether oxygens (including phenoxy) is 2. The molecule has 0 aliphatic heterocycles. The maximum Gasteiger partial charge on any atom is 0.341 e. The molecule has 0 spiro atoms. The molecule has 8 heteroatoms. The molecule has 3 rings (SSSR count). The van der Waals surface area contributed by atoms with E-state index in [2.05, 4.69) is 10.6 Å². The Labute approximate surface area is 190 Å². The molecule has 0 atom stereocenters. The third kappa shape index (κ3) is 5.53. The number of nitrogens with one attached hydrogen (secondary N) is 2. The van der Waals surface area contributed by atoms with E-state index < -0.39 is 5.97 Å². The van der Waals surface area contributed by atoms with Gasteiger partial charge in [-0.25, -0.2) is 4.79 Å². The molecule has 0 saturated heterocycles. The SMILES string of the molecule is CCOc1ccc(NC(=O)c2sc(NC(=O)Cc3ccccc3)c(C(=O)OC)c2C)cc1. The lowest BCUT2D eigenvalue weighted by atomic mass is 10.1. The number of rotatable bonds is 8. The average molecular weight is 453 g/mol. The van der Waals surface area contributed by atoms with E-state index in [0.717, 1.165) is 16.9 Å². The lowest BCUT2D eigenvalue weighted by Crippen LogP contribution is -2.16. The molecule has 2 aromatic carbocycles. The first-order valence-corrected chi connectivity index (χ1v) is 10.8. The van der Waals surface area contributed by atoms with Crippen LogP contribution in [0, 0.1) is 6.92 Å². The Morgan fingerprint density at radius 2 is 1.66 bits per heavy atom. The number of carbonyl (C=O) groups is 3. The van der Waals surface area contributed by atoms with Gasteiger partial charge in [-0.15, -0.1) is 11.3 Å². The first-order chi connectivity index (χ1) is 15.4. The van der Waals surface area contributed by atoms with Crippen molar-refractivity contribution in [3.05, 3.63) is 76.2 Å². The summed E-state index contributed by atoms with van der Waals surface area (Å²) in [7, 11) is 1.26. The normalized spacial score (nSPS) is 10.3. The molecule has 0 fully saturated rings. The summed E-state index contributed by atoms with van der Waals surface area (Å²) in [6.07, 6.45) is 0.145. The summed E-state index contributed by atoms with van der Waals surface area (Å²) in [6.45, 7) is 4.10. The third-order valence-corrected chi connectivity index (χ3v) is 5.83. The van der Waals surface area contributed by atoms with Crippen molar-refractivity contribution in [2.45, 2.75) is 20.3 Å². The highest BCUT2D eigenvalue weighted by atomic mass is 32.1. The molecule has 2 amide bonds. The van der Waals surface area contributed by atoms with E-state index in [4.69, 9.17) is 9.47 Å². The summed E-state index contributed by atoms with van der Waals surface area (Å²) in [4.78, 5) is 38.1. The maximum atomic E-state index is 12.9. The van der Waals surface area contributed by atoms with Crippen molar-refractivity contribution in [3.8, 4) is 5.75 Å². The summed E-state index contributed by atoms with van der Waals surface area (Å²) in [6, 6.07) is 16.2. The molecule has 32 heavy (non-hydrogen) atoms. The van der Waals surface area contributed by atoms with E-state index >= 15 is 0 Å². The molecule has 2 N–H and O–H groups in total. The van der Waals surface area contributed by atoms with E-state index in [0.29, 0.717) is 28.5 Å². The quantitative estimate of drug-likeness (QED) is 0.484. The second-order valence-electron chi connectivity index (χ2n) is 6.87. The van der Waals surface area contributed by atoms with Gasteiger partial charge in [-0.3, -0.25) is 9.59 Å². The molecule has 0 unspecified atom stereocenters. The Hall–Kier alpha value is -3.65. The molecule has 3 aromatic rings. The summed E-state index contributed by atoms with van der Waals surface area (Å²) in [5, 5.41) is 5.85. The topological polar surface area (TPSA) is 93.7 Å². The van der Waals surface area contributed by atoms with Gasteiger partial charge in [0.2, 0.25) is 5.91 Å². The van der Waals surface area contributed by atoms with Crippen molar-refractivity contribution < 1.29 is 23.9 Å². The minimum Gasteiger partial charge on any atom is -0.494 e. The molecule has 0 radical (unpaired) electrons. The van der Waals surface area contributed by atoms with E-state index in [9.17, 15) is 14.4 Å². The van der Waals surface area contributed by atoms with Gasteiger partial charge in [0.15, 0.2) is 0 Å². The zero-order valence-electron chi connectivity index (χ0n) is 18.1. The fourth-order valence-corrected chi connectivity index (χ4v) is 4.21. The molecular weight excluding hydrogens is 428 g/mol. The van der Waals surface area contributed by atoms with Gasteiger partial charge in [0.05, 0.1) is 30.6 Å². The highest BCUT2D eigenvalue weighted by Gasteiger charge is 2.26. The average Bonchev–Trinajstić information content (AvgIpc) is 3.11. The molecule has 0 aliphatic rings. The van der Waals surface area contributed by atoms with Crippen LogP contribution in [0.3, 0.4) is 0 Å². The van der Waals surface area contributed by atoms with Crippen LogP contribution in [-0.2, 0) is 16.0 Å². The van der Waals surface area contributed by atoms with Gasteiger partial charge in [0.25, 0.3) is 5.91 Å². The van der Waals surface area contributed by atoms with Gasteiger partial charge < -0.3 is 20.1 Å². The predicted molar refractivity (Wildman–Crippen MR) is 125 cm³/mol. The van der Waals surface area contributed by atoms with Gasteiger partial charge in [0, 0.05) is 5.69 Å². The lowest BCUT2D eigenvalue weighted by molar-refractivity contribution is -0.115. The number of carbonyl (C=O) groups excluding carboxylic acids is 3. The summed E-state index contributed by atoms with van der Waals surface area (Å²) in [5.41, 5.74) is 2.04. The van der Waals surface area contributed by atoms with E-state index in [1.807, 2.05) is 37.3 Å². The van der Waals surface area contributed by atoms with E-state index in [-0.39, 0.29) is 28.8 Å². The van der Waals surface area contributed by atoms with Gasteiger partial charge in [0.1, 0.15) is 10.8 Å². The highest BCUT2D eigenvalue weighted by Crippen LogP contribution is 2.34. The van der Waals surface area contributed by atoms with Crippen LogP contribution >= 0.6 is 11.3 Å². The Kier molecular flexibility index (Phi) is 7.62. The van der Waals surface area contributed by atoms with Gasteiger partial charge in [-0.05, 0) is 49.2 Å². The zero-order chi connectivity index (χ0) is 23.1. The minimum atomic E-state index is -0.617.